The molecule has 3 N–H and O–H groups in total. The maximum atomic E-state index is 11.9. The van der Waals surface area contributed by atoms with E-state index in [0.717, 1.165) is 11.1 Å². The molecule has 0 saturated heterocycles. The summed E-state index contributed by atoms with van der Waals surface area (Å²) in [6, 6.07) is 5.25. The van der Waals surface area contributed by atoms with E-state index in [1.165, 1.54) is 0 Å². The van der Waals surface area contributed by atoms with Crippen LogP contribution in [0.1, 0.15) is 31.7 Å². The number of urea groups is 1. The highest BCUT2D eigenvalue weighted by atomic mass is 16.5. The highest BCUT2D eigenvalue weighted by Crippen LogP contribution is 2.24. The summed E-state index contributed by atoms with van der Waals surface area (Å²) < 4.78 is 5.22. The summed E-state index contributed by atoms with van der Waals surface area (Å²) in [7, 11) is 0. The number of aryl methyl sites for hydroxylation is 2. The van der Waals surface area contributed by atoms with E-state index in [4.69, 9.17) is 4.52 Å². The summed E-state index contributed by atoms with van der Waals surface area (Å²) in [4.78, 5) is 16.2. The number of carbonyl (C=O) groups is 1. The van der Waals surface area contributed by atoms with Gasteiger partial charge in [-0.15, -0.1) is 0 Å². The van der Waals surface area contributed by atoms with E-state index >= 15 is 0 Å². The Morgan fingerprint density at radius 3 is 2.87 bits per heavy atom. The number of nitrogens with one attached hydrogen (secondary N) is 2. The minimum absolute atomic E-state index is 0.314. The van der Waals surface area contributed by atoms with Crippen molar-refractivity contribution in [3.63, 3.8) is 0 Å². The SMILES string of the molecule is CCc1noc(-c2ccc(C)c(NC(=O)NCCC(C)O)c2)n1. The van der Waals surface area contributed by atoms with Crippen LogP contribution in [0, 0.1) is 6.92 Å². The summed E-state index contributed by atoms with van der Waals surface area (Å²) in [5, 5.41) is 18.6. The Kier molecular flexibility index (Phi) is 5.70. The lowest BCUT2D eigenvalue weighted by Gasteiger charge is -2.11. The molecule has 0 bridgehead atoms. The van der Waals surface area contributed by atoms with Crippen LogP contribution in [0.3, 0.4) is 0 Å². The molecule has 0 fully saturated rings. The second kappa shape index (κ2) is 7.73. The molecule has 0 saturated carbocycles. The molecule has 0 radical (unpaired) electrons. The number of amides is 2. The van der Waals surface area contributed by atoms with Gasteiger partial charge in [-0.25, -0.2) is 4.79 Å². The largest absolute Gasteiger partial charge is 0.393 e. The van der Waals surface area contributed by atoms with Crippen molar-refractivity contribution in [3.05, 3.63) is 29.6 Å². The first-order chi connectivity index (χ1) is 11.0. The molecule has 2 rings (SSSR count). The van der Waals surface area contributed by atoms with Gasteiger partial charge in [0.2, 0.25) is 0 Å². The average Bonchev–Trinajstić information content (AvgIpc) is 2.98. The summed E-state index contributed by atoms with van der Waals surface area (Å²) in [5.41, 5.74) is 2.35. The van der Waals surface area contributed by atoms with Crippen molar-refractivity contribution in [2.75, 3.05) is 11.9 Å². The molecule has 1 aromatic heterocycles. The van der Waals surface area contributed by atoms with E-state index in [1.54, 1.807) is 13.0 Å². The highest BCUT2D eigenvalue weighted by molar-refractivity contribution is 5.90. The molecule has 1 atom stereocenters. The Balaban J connectivity index is 2.06. The van der Waals surface area contributed by atoms with Crippen molar-refractivity contribution in [2.45, 2.75) is 39.7 Å². The van der Waals surface area contributed by atoms with Gasteiger partial charge < -0.3 is 20.3 Å². The number of anilines is 1. The first kappa shape index (κ1) is 17.0. The first-order valence-corrected chi connectivity index (χ1v) is 7.66. The second-order valence-corrected chi connectivity index (χ2v) is 5.42. The number of aromatic nitrogens is 2. The van der Waals surface area contributed by atoms with Gasteiger partial charge in [0.25, 0.3) is 5.89 Å². The minimum atomic E-state index is -0.439. The van der Waals surface area contributed by atoms with Gasteiger partial charge in [-0.05, 0) is 38.0 Å². The Morgan fingerprint density at radius 2 is 2.22 bits per heavy atom. The molecule has 2 aromatic rings. The average molecular weight is 318 g/mol. The minimum Gasteiger partial charge on any atom is -0.393 e. The summed E-state index contributed by atoms with van der Waals surface area (Å²) in [6.07, 6.45) is 0.769. The maximum absolute atomic E-state index is 11.9. The van der Waals surface area contributed by atoms with Crippen LogP contribution in [0.25, 0.3) is 11.5 Å². The number of hydrogen-bond acceptors (Lipinski definition) is 5. The normalized spacial score (nSPS) is 12.0. The topological polar surface area (TPSA) is 100 Å². The van der Waals surface area contributed by atoms with Gasteiger partial charge in [-0.1, -0.05) is 18.1 Å². The third-order valence-corrected chi connectivity index (χ3v) is 3.36. The predicted molar refractivity (Wildman–Crippen MR) is 87.2 cm³/mol. The van der Waals surface area contributed by atoms with E-state index in [-0.39, 0.29) is 6.03 Å². The van der Waals surface area contributed by atoms with Crippen LogP contribution < -0.4 is 10.6 Å². The zero-order valence-electron chi connectivity index (χ0n) is 13.6. The van der Waals surface area contributed by atoms with Crippen molar-refractivity contribution >= 4 is 11.7 Å². The molecule has 7 heteroatoms. The number of rotatable bonds is 6. The van der Waals surface area contributed by atoms with Gasteiger partial charge in [0.15, 0.2) is 5.82 Å². The van der Waals surface area contributed by atoms with Gasteiger partial charge in [-0.2, -0.15) is 4.98 Å². The van der Waals surface area contributed by atoms with Crippen LogP contribution in [0.2, 0.25) is 0 Å². The van der Waals surface area contributed by atoms with Gasteiger partial charge in [0.1, 0.15) is 0 Å². The Bertz CT molecular complexity index is 667. The molecule has 1 unspecified atom stereocenters. The summed E-state index contributed by atoms with van der Waals surface area (Å²) in [5.74, 6) is 1.07. The van der Waals surface area contributed by atoms with Crippen LogP contribution in [0.4, 0.5) is 10.5 Å². The molecule has 7 nitrogen and oxygen atoms in total. The first-order valence-electron chi connectivity index (χ1n) is 7.66. The van der Waals surface area contributed by atoms with Crippen LogP contribution >= 0.6 is 0 Å². The molecule has 0 aliphatic heterocycles. The van der Waals surface area contributed by atoms with Crippen molar-refractivity contribution in [1.82, 2.24) is 15.5 Å². The van der Waals surface area contributed by atoms with Gasteiger partial charge >= 0.3 is 6.03 Å². The third kappa shape index (κ3) is 4.79. The van der Waals surface area contributed by atoms with Crippen molar-refractivity contribution in [2.24, 2.45) is 0 Å². The lowest BCUT2D eigenvalue weighted by molar-refractivity contribution is 0.184. The van der Waals surface area contributed by atoms with Crippen LogP contribution in [-0.2, 0) is 6.42 Å². The molecule has 1 aromatic carbocycles. The number of aliphatic hydroxyl groups is 1. The number of aliphatic hydroxyl groups excluding tert-OH is 1. The lowest BCUT2D eigenvalue weighted by Crippen LogP contribution is -2.31. The van der Waals surface area contributed by atoms with E-state index in [0.29, 0.717) is 36.8 Å². The Labute approximate surface area is 135 Å². The number of benzene rings is 1. The van der Waals surface area contributed by atoms with E-state index in [2.05, 4.69) is 20.8 Å². The fourth-order valence-corrected chi connectivity index (χ4v) is 1.97. The van der Waals surface area contributed by atoms with Crippen molar-refractivity contribution in [1.29, 1.82) is 0 Å². The molecule has 124 valence electrons. The molecule has 0 aliphatic carbocycles. The highest BCUT2D eigenvalue weighted by Gasteiger charge is 2.11. The monoisotopic (exact) mass is 318 g/mol. The number of hydrogen-bond donors (Lipinski definition) is 3. The van der Waals surface area contributed by atoms with Gasteiger partial charge in [0, 0.05) is 24.2 Å². The standard InChI is InChI=1S/C16H22N4O3/c1-4-14-19-15(23-20-14)12-6-5-10(2)13(9-12)18-16(22)17-8-7-11(3)21/h5-6,9,11,21H,4,7-8H2,1-3H3,(H2,17,18,22). The second-order valence-electron chi connectivity index (χ2n) is 5.42. The number of carbonyl (C=O) groups excluding carboxylic acids is 1. The van der Waals surface area contributed by atoms with E-state index in [9.17, 15) is 9.90 Å². The maximum Gasteiger partial charge on any atom is 0.319 e. The molecular weight excluding hydrogens is 296 g/mol. The van der Waals surface area contributed by atoms with Crippen molar-refractivity contribution < 1.29 is 14.4 Å². The zero-order valence-corrected chi connectivity index (χ0v) is 13.6. The lowest BCUT2D eigenvalue weighted by atomic mass is 10.1. The fraction of sp³-hybridized carbons (Fsp3) is 0.438. The Morgan fingerprint density at radius 1 is 1.43 bits per heavy atom. The summed E-state index contributed by atoms with van der Waals surface area (Å²) in [6.45, 7) is 5.95. The molecule has 0 aliphatic rings. The fourth-order valence-electron chi connectivity index (χ4n) is 1.97. The molecule has 0 spiro atoms. The van der Waals surface area contributed by atoms with Gasteiger partial charge in [0.05, 0.1) is 6.10 Å². The van der Waals surface area contributed by atoms with Crippen LogP contribution in [0.5, 0.6) is 0 Å². The van der Waals surface area contributed by atoms with Gasteiger partial charge in [-0.3, -0.25) is 0 Å². The quantitative estimate of drug-likeness (QED) is 0.760. The van der Waals surface area contributed by atoms with E-state index < -0.39 is 6.10 Å². The molecule has 23 heavy (non-hydrogen) atoms. The Hall–Kier alpha value is -2.41. The van der Waals surface area contributed by atoms with E-state index in [1.807, 2.05) is 26.0 Å². The number of nitrogens with zero attached hydrogens (tertiary/aromatic N) is 2. The van der Waals surface area contributed by atoms with Crippen molar-refractivity contribution in [3.8, 4) is 11.5 Å². The van der Waals surface area contributed by atoms with Crippen LogP contribution in [0.15, 0.2) is 22.7 Å². The molecule has 1 heterocycles. The molecule has 2 amide bonds. The molecular formula is C16H22N4O3. The third-order valence-electron chi connectivity index (χ3n) is 3.36. The summed E-state index contributed by atoms with van der Waals surface area (Å²) >= 11 is 0. The smallest absolute Gasteiger partial charge is 0.319 e. The zero-order chi connectivity index (χ0) is 16.8. The van der Waals surface area contributed by atoms with Crippen LogP contribution in [-0.4, -0.2) is 33.9 Å². The predicted octanol–water partition coefficient (Wildman–Crippen LogP) is 2.50.